The quantitative estimate of drug-likeness (QED) is 0.288. The van der Waals surface area contributed by atoms with Crippen LogP contribution < -0.4 is 27.9 Å². The van der Waals surface area contributed by atoms with Crippen molar-refractivity contribution in [1.29, 1.82) is 0 Å². The summed E-state index contributed by atoms with van der Waals surface area (Å²) in [6, 6.07) is 7.94. The van der Waals surface area contributed by atoms with Gasteiger partial charge in [-0.2, -0.15) is 0 Å². The number of hydrogen-bond acceptors (Lipinski definition) is 9. The van der Waals surface area contributed by atoms with E-state index in [9.17, 15) is 0 Å². The zero-order chi connectivity index (χ0) is 22.2. The molecule has 0 bridgehead atoms. The molecule has 3 aromatic rings. The molecule has 0 unspecified atom stereocenters. The third kappa shape index (κ3) is 3.97. The molecule has 0 saturated heterocycles. The van der Waals surface area contributed by atoms with E-state index >= 15 is 0 Å². The lowest BCUT2D eigenvalue weighted by atomic mass is 9.87. The number of pyridine rings is 3. The van der Waals surface area contributed by atoms with Gasteiger partial charge in [0.15, 0.2) is 0 Å². The van der Waals surface area contributed by atoms with Crippen LogP contribution in [0.25, 0.3) is 16.5 Å². The van der Waals surface area contributed by atoms with Crippen LogP contribution in [0.15, 0.2) is 42.9 Å². The molecule has 1 aliphatic carbocycles. The van der Waals surface area contributed by atoms with E-state index in [1.807, 2.05) is 25.4 Å². The minimum Gasteiger partial charge on any atom is -0.403 e. The number of nitrogen functional groups attached to an aromatic ring is 1. The summed E-state index contributed by atoms with van der Waals surface area (Å²) in [6.07, 6.45) is 7.41. The number of nitrogens with two attached hydrogens (primary N) is 3. The molecule has 0 amide bonds. The van der Waals surface area contributed by atoms with Gasteiger partial charge < -0.3 is 27.1 Å². The highest BCUT2D eigenvalue weighted by Crippen LogP contribution is 2.45. The Bertz CT molecular complexity index is 1140. The Kier molecular flexibility index (Phi) is 5.38. The van der Waals surface area contributed by atoms with Crippen molar-refractivity contribution >= 4 is 33.9 Å². The normalized spacial score (nSPS) is 16.2. The summed E-state index contributed by atoms with van der Waals surface area (Å²) in [5.74, 6) is 8.26. The molecule has 31 heavy (non-hydrogen) atoms. The van der Waals surface area contributed by atoms with Crippen LogP contribution in [0.4, 0.5) is 17.5 Å². The zero-order valence-electron chi connectivity index (χ0n) is 18.1. The average molecular weight is 420 g/mol. The maximum Gasteiger partial charge on any atom is 0.133 e. The van der Waals surface area contributed by atoms with Crippen LogP contribution in [0.5, 0.6) is 0 Å². The van der Waals surface area contributed by atoms with Gasteiger partial charge in [-0.1, -0.05) is 0 Å². The van der Waals surface area contributed by atoms with E-state index in [1.54, 1.807) is 13.2 Å². The Balaban J connectivity index is 1.67. The number of nitrogens with one attached hydrogen (secondary N) is 2. The molecule has 9 heteroatoms. The number of anilines is 3. The van der Waals surface area contributed by atoms with E-state index in [1.165, 1.54) is 29.6 Å². The summed E-state index contributed by atoms with van der Waals surface area (Å²) in [5, 5.41) is 9.83. The monoisotopic (exact) mass is 419 g/mol. The fraction of sp³-hybridized carbons (Fsp3) is 0.318. The van der Waals surface area contributed by atoms with Crippen molar-refractivity contribution in [2.24, 2.45) is 17.5 Å². The molecular formula is C22H29N9. The van der Waals surface area contributed by atoms with E-state index < -0.39 is 0 Å². The number of fused-ring (bicyclic) bond motifs is 1. The van der Waals surface area contributed by atoms with Crippen LogP contribution >= 0.6 is 0 Å². The Morgan fingerprint density at radius 2 is 1.97 bits per heavy atom. The molecule has 9 nitrogen and oxygen atoms in total. The highest BCUT2D eigenvalue weighted by Gasteiger charge is 2.41. The first kappa shape index (κ1) is 20.8. The largest absolute Gasteiger partial charge is 0.403 e. The van der Waals surface area contributed by atoms with Crippen LogP contribution in [0.1, 0.15) is 31.0 Å². The lowest BCUT2D eigenvalue weighted by molar-refractivity contribution is 0.346. The second-order valence-corrected chi connectivity index (χ2v) is 8.13. The minimum absolute atomic E-state index is 0.0651. The van der Waals surface area contributed by atoms with E-state index in [0.717, 1.165) is 16.6 Å². The molecule has 162 valence electrons. The molecule has 8 N–H and O–H groups in total. The number of hydrogen-bond donors (Lipinski definition) is 5. The Morgan fingerprint density at radius 1 is 1.23 bits per heavy atom. The summed E-state index contributed by atoms with van der Waals surface area (Å²) < 4.78 is 0. The van der Waals surface area contributed by atoms with Gasteiger partial charge in [0, 0.05) is 36.6 Å². The summed E-state index contributed by atoms with van der Waals surface area (Å²) in [6.45, 7) is 2.24. The van der Waals surface area contributed by atoms with Crippen LogP contribution in [0, 0.1) is 5.92 Å². The summed E-state index contributed by atoms with van der Waals surface area (Å²) in [5.41, 5.74) is 14.2. The van der Waals surface area contributed by atoms with Gasteiger partial charge in [0.05, 0.1) is 11.4 Å². The smallest absolute Gasteiger partial charge is 0.133 e. The molecule has 0 aliphatic heterocycles. The van der Waals surface area contributed by atoms with Gasteiger partial charge in [0.25, 0.3) is 0 Å². The van der Waals surface area contributed by atoms with E-state index in [0.29, 0.717) is 28.9 Å². The van der Waals surface area contributed by atoms with Crippen molar-refractivity contribution in [2.45, 2.75) is 25.3 Å². The average Bonchev–Trinajstić information content (AvgIpc) is 3.59. The molecular weight excluding hydrogens is 390 g/mol. The fourth-order valence-electron chi connectivity index (χ4n) is 3.96. The molecule has 1 aliphatic rings. The maximum absolute atomic E-state index is 6.15. The van der Waals surface area contributed by atoms with Crippen molar-refractivity contribution in [3.63, 3.8) is 0 Å². The van der Waals surface area contributed by atoms with Crippen LogP contribution in [-0.4, -0.2) is 34.1 Å². The predicted octanol–water partition coefficient (Wildman–Crippen LogP) is 2.26. The van der Waals surface area contributed by atoms with Crippen molar-refractivity contribution in [3.8, 4) is 0 Å². The van der Waals surface area contributed by atoms with Gasteiger partial charge in [-0.15, -0.1) is 0 Å². The summed E-state index contributed by atoms with van der Waals surface area (Å²) >= 11 is 0. The molecule has 3 heterocycles. The first-order valence-corrected chi connectivity index (χ1v) is 10.2. The molecule has 0 spiro atoms. The van der Waals surface area contributed by atoms with Crippen molar-refractivity contribution in [1.82, 2.24) is 25.3 Å². The Labute approximate surface area is 181 Å². The molecule has 1 fully saturated rings. The lowest BCUT2D eigenvalue weighted by Gasteiger charge is -2.30. The maximum atomic E-state index is 6.15. The predicted molar refractivity (Wildman–Crippen MR) is 125 cm³/mol. The molecule has 4 rings (SSSR count). The van der Waals surface area contributed by atoms with Gasteiger partial charge >= 0.3 is 0 Å². The number of rotatable bonds is 7. The van der Waals surface area contributed by atoms with Gasteiger partial charge in [-0.3, -0.25) is 0 Å². The van der Waals surface area contributed by atoms with E-state index in [2.05, 4.69) is 44.6 Å². The number of aromatic nitrogens is 3. The highest BCUT2D eigenvalue weighted by molar-refractivity contribution is 5.93. The van der Waals surface area contributed by atoms with Gasteiger partial charge in [-0.05, 0) is 67.9 Å². The molecule has 1 saturated carbocycles. The third-order valence-corrected chi connectivity index (χ3v) is 6.07. The standard InChI is InChI=1S/C22H29N9/c1-22(26-2,14-4-5-14)15-6-7-27-20(10-15)30-19-9-13-8-17(18(11-23)31(3)25)29-21(24)16(13)12-28-19/h6-12,14,26H,4-5,23,25H2,1-3H3,(H2,24,29)(H,27,28,30)/b18-11-/t22-/m1/s1. The first-order valence-electron chi connectivity index (χ1n) is 10.2. The van der Waals surface area contributed by atoms with E-state index in [-0.39, 0.29) is 5.54 Å². The van der Waals surface area contributed by atoms with Gasteiger partial charge in [0.1, 0.15) is 17.5 Å². The Morgan fingerprint density at radius 3 is 2.61 bits per heavy atom. The van der Waals surface area contributed by atoms with Crippen molar-refractivity contribution < 1.29 is 0 Å². The topological polar surface area (TPSA) is 144 Å². The van der Waals surface area contributed by atoms with Crippen molar-refractivity contribution in [2.75, 3.05) is 25.1 Å². The zero-order valence-corrected chi connectivity index (χ0v) is 18.1. The second-order valence-electron chi connectivity index (χ2n) is 8.13. The Hall–Kier alpha value is -3.43. The third-order valence-electron chi connectivity index (χ3n) is 6.07. The van der Waals surface area contributed by atoms with Crippen LogP contribution in [0.3, 0.4) is 0 Å². The first-order chi connectivity index (χ1) is 14.9. The molecule has 3 aromatic heterocycles. The van der Waals surface area contributed by atoms with E-state index in [4.69, 9.17) is 17.3 Å². The lowest BCUT2D eigenvalue weighted by Crippen LogP contribution is -2.39. The second kappa shape index (κ2) is 8.01. The van der Waals surface area contributed by atoms with Crippen LogP contribution in [0.2, 0.25) is 0 Å². The number of hydrazine groups is 1. The molecule has 0 aromatic carbocycles. The van der Waals surface area contributed by atoms with Crippen molar-refractivity contribution in [3.05, 3.63) is 54.1 Å². The highest BCUT2D eigenvalue weighted by atomic mass is 15.4. The number of nitrogens with zero attached hydrogens (tertiary/aromatic N) is 4. The summed E-state index contributed by atoms with van der Waals surface area (Å²) in [4.78, 5) is 13.4. The summed E-state index contributed by atoms with van der Waals surface area (Å²) in [7, 11) is 3.70. The SMILES string of the molecule is CN[C@@](C)(c1ccnc(Nc2cc3cc(/C(=C/N)N(C)N)nc(N)c3cn2)c1)C1CC1. The van der Waals surface area contributed by atoms with Crippen LogP contribution in [-0.2, 0) is 5.54 Å². The van der Waals surface area contributed by atoms with Gasteiger partial charge in [-0.25, -0.2) is 20.8 Å². The van der Waals surface area contributed by atoms with Gasteiger partial charge in [0.2, 0.25) is 0 Å². The minimum atomic E-state index is -0.0651. The fourth-order valence-corrected chi connectivity index (χ4v) is 3.96. The molecule has 1 atom stereocenters. The molecule has 0 radical (unpaired) electrons.